The highest BCUT2D eigenvalue weighted by molar-refractivity contribution is 7.08. The average molecular weight is 303 g/mol. The molecule has 0 radical (unpaired) electrons. The molecule has 1 saturated heterocycles. The third-order valence-corrected chi connectivity index (χ3v) is 4.39. The summed E-state index contributed by atoms with van der Waals surface area (Å²) < 4.78 is 9.16. The van der Waals surface area contributed by atoms with Crippen LogP contribution in [0, 0.1) is 0 Å². The molecular formula is C15H17N3O2S. The summed E-state index contributed by atoms with van der Waals surface area (Å²) in [5.74, 6) is 0.949. The molecular weight excluding hydrogens is 286 g/mol. The van der Waals surface area contributed by atoms with E-state index in [2.05, 4.69) is 21.4 Å². The van der Waals surface area contributed by atoms with Crippen LogP contribution in [0.25, 0.3) is 0 Å². The molecule has 0 bridgehead atoms. The minimum atomic E-state index is 0.0897. The van der Waals surface area contributed by atoms with Crippen LogP contribution in [-0.4, -0.2) is 48.5 Å². The lowest BCUT2D eigenvalue weighted by Gasteiger charge is -2.35. The van der Waals surface area contributed by atoms with Crippen LogP contribution in [0.4, 0.5) is 5.69 Å². The topological polar surface area (TPSA) is 45.7 Å². The van der Waals surface area contributed by atoms with Crippen LogP contribution in [0.5, 0.6) is 5.75 Å². The fraction of sp³-hybridized carbons (Fsp3) is 0.333. The molecule has 0 spiro atoms. The summed E-state index contributed by atoms with van der Waals surface area (Å²) in [4.78, 5) is 17.1. The number of carbonyl (C=O) groups is 1. The van der Waals surface area contributed by atoms with Crippen molar-refractivity contribution in [3.8, 4) is 5.75 Å². The molecule has 0 atom stereocenters. The van der Waals surface area contributed by atoms with Gasteiger partial charge in [-0.1, -0.05) is 0 Å². The Morgan fingerprint density at radius 2 is 1.86 bits per heavy atom. The van der Waals surface area contributed by atoms with Crippen LogP contribution in [-0.2, 0) is 0 Å². The summed E-state index contributed by atoms with van der Waals surface area (Å²) in [5.41, 5.74) is 1.17. The van der Waals surface area contributed by atoms with Crippen LogP contribution in [0.15, 0.2) is 36.5 Å². The van der Waals surface area contributed by atoms with Gasteiger partial charge in [-0.25, -0.2) is 4.37 Å². The predicted octanol–water partition coefficient (Wildman–Crippen LogP) is 2.11. The minimum Gasteiger partial charge on any atom is -0.497 e. The molecule has 0 aliphatic carbocycles. The fourth-order valence-electron chi connectivity index (χ4n) is 2.44. The molecule has 110 valence electrons. The normalized spacial score (nSPS) is 15.1. The molecule has 1 aliphatic heterocycles. The van der Waals surface area contributed by atoms with Gasteiger partial charge in [-0.15, -0.1) is 0 Å². The molecule has 0 saturated carbocycles. The van der Waals surface area contributed by atoms with E-state index in [1.54, 1.807) is 19.4 Å². The maximum atomic E-state index is 12.2. The van der Waals surface area contributed by atoms with Crippen molar-refractivity contribution in [2.24, 2.45) is 0 Å². The van der Waals surface area contributed by atoms with E-state index in [1.807, 2.05) is 17.0 Å². The number of hydrogen-bond acceptors (Lipinski definition) is 5. The number of rotatable bonds is 3. The first-order valence-corrected chi connectivity index (χ1v) is 7.64. The number of piperazine rings is 1. The fourth-order valence-corrected chi connectivity index (χ4v) is 3.01. The molecule has 0 N–H and O–H groups in total. The zero-order chi connectivity index (χ0) is 14.7. The predicted molar refractivity (Wildman–Crippen MR) is 83.2 cm³/mol. The lowest BCUT2D eigenvalue weighted by atomic mass is 10.2. The number of aromatic nitrogens is 1. The van der Waals surface area contributed by atoms with Gasteiger partial charge < -0.3 is 14.5 Å². The van der Waals surface area contributed by atoms with Crippen molar-refractivity contribution in [2.75, 3.05) is 38.2 Å². The lowest BCUT2D eigenvalue weighted by Crippen LogP contribution is -2.48. The van der Waals surface area contributed by atoms with Gasteiger partial charge in [0.15, 0.2) is 0 Å². The van der Waals surface area contributed by atoms with E-state index in [9.17, 15) is 4.79 Å². The van der Waals surface area contributed by atoms with Gasteiger partial charge in [0.2, 0.25) is 0 Å². The van der Waals surface area contributed by atoms with E-state index in [0.717, 1.165) is 31.9 Å². The third kappa shape index (κ3) is 3.00. The Hall–Kier alpha value is -2.08. The standard InChI is InChI=1S/C15H17N3O2S/c1-20-13-4-2-12(3-5-13)17-8-10-18(11-9-17)15(19)14-6-7-16-21-14/h2-7H,8-11H2,1H3. The highest BCUT2D eigenvalue weighted by Crippen LogP contribution is 2.21. The number of anilines is 1. The van der Waals surface area contributed by atoms with Crippen LogP contribution < -0.4 is 9.64 Å². The Kier molecular flexibility index (Phi) is 4.06. The summed E-state index contributed by atoms with van der Waals surface area (Å²) in [7, 11) is 1.67. The summed E-state index contributed by atoms with van der Waals surface area (Å²) in [5, 5.41) is 0. The van der Waals surface area contributed by atoms with E-state index in [4.69, 9.17) is 4.74 Å². The zero-order valence-corrected chi connectivity index (χ0v) is 12.7. The first-order valence-electron chi connectivity index (χ1n) is 6.87. The van der Waals surface area contributed by atoms with E-state index >= 15 is 0 Å². The van der Waals surface area contributed by atoms with Gasteiger partial charge in [-0.05, 0) is 41.9 Å². The number of benzene rings is 1. The molecule has 1 aromatic carbocycles. The molecule has 3 rings (SSSR count). The maximum absolute atomic E-state index is 12.2. The van der Waals surface area contributed by atoms with Crippen LogP contribution in [0.2, 0.25) is 0 Å². The first-order chi connectivity index (χ1) is 10.3. The zero-order valence-electron chi connectivity index (χ0n) is 11.9. The van der Waals surface area contributed by atoms with E-state index in [0.29, 0.717) is 4.88 Å². The van der Waals surface area contributed by atoms with Gasteiger partial charge in [0.05, 0.1) is 7.11 Å². The van der Waals surface area contributed by atoms with Crippen molar-refractivity contribution in [1.82, 2.24) is 9.27 Å². The van der Waals surface area contributed by atoms with Crippen molar-refractivity contribution < 1.29 is 9.53 Å². The average Bonchev–Trinajstić information content (AvgIpc) is 3.09. The largest absolute Gasteiger partial charge is 0.497 e. The lowest BCUT2D eigenvalue weighted by molar-refractivity contribution is 0.0751. The Balaban J connectivity index is 1.60. The van der Waals surface area contributed by atoms with Gasteiger partial charge in [0.25, 0.3) is 5.91 Å². The van der Waals surface area contributed by atoms with E-state index in [-0.39, 0.29) is 5.91 Å². The number of amides is 1. The van der Waals surface area contributed by atoms with E-state index in [1.165, 1.54) is 17.2 Å². The second kappa shape index (κ2) is 6.13. The maximum Gasteiger partial charge on any atom is 0.265 e. The van der Waals surface area contributed by atoms with Crippen LogP contribution >= 0.6 is 11.5 Å². The highest BCUT2D eigenvalue weighted by Gasteiger charge is 2.23. The molecule has 0 unspecified atom stereocenters. The Bertz CT molecular complexity index is 590. The molecule has 1 aliphatic rings. The molecule has 1 amide bonds. The summed E-state index contributed by atoms with van der Waals surface area (Å²) in [6.45, 7) is 3.17. The summed E-state index contributed by atoms with van der Waals surface area (Å²) in [6, 6.07) is 9.82. The van der Waals surface area contributed by atoms with Crippen molar-refractivity contribution in [3.63, 3.8) is 0 Å². The number of methoxy groups -OCH3 is 1. The van der Waals surface area contributed by atoms with Crippen molar-refractivity contribution in [2.45, 2.75) is 0 Å². The quantitative estimate of drug-likeness (QED) is 0.871. The number of hydrogen-bond donors (Lipinski definition) is 0. The molecule has 1 fully saturated rings. The summed E-state index contributed by atoms with van der Waals surface area (Å²) >= 11 is 1.26. The molecule has 21 heavy (non-hydrogen) atoms. The summed E-state index contributed by atoms with van der Waals surface area (Å²) in [6.07, 6.45) is 1.67. The number of nitrogens with zero attached hydrogens (tertiary/aromatic N) is 3. The Labute approximate surface area is 127 Å². The van der Waals surface area contributed by atoms with Crippen LogP contribution in [0.1, 0.15) is 9.67 Å². The monoisotopic (exact) mass is 303 g/mol. The van der Waals surface area contributed by atoms with Gasteiger partial charge in [0, 0.05) is 38.1 Å². The van der Waals surface area contributed by atoms with Gasteiger partial charge >= 0.3 is 0 Å². The SMILES string of the molecule is COc1ccc(N2CCN(C(=O)c3ccns3)CC2)cc1. The molecule has 6 heteroatoms. The highest BCUT2D eigenvalue weighted by atomic mass is 32.1. The number of carbonyl (C=O) groups excluding carboxylic acids is 1. The van der Waals surface area contributed by atoms with Crippen molar-refractivity contribution in [3.05, 3.63) is 41.4 Å². The minimum absolute atomic E-state index is 0.0897. The number of ether oxygens (including phenoxy) is 1. The van der Waals surface area contributed by atoms with Crippen LogP contribution in [0.3, 0.4) is 0 Å². The van der Waals surface area contributed by atoms with Gasteiger partial charge in [-0.2, -0.15) is 0 Å². The smallest absolute Gasteiger partial charge is 0.265 e. The van der Waals surface area contributed by atoms with Gasteiger partial charge in [0.1, 0.15) is 10.6 Å². The second-order valence-corrected chi connectivity index (χ2v) is 5.69. The first kappa shape index (κ1) is 13.9. The Morgan fingerprint density at radius 1 is 1.14 bits per heavy atom. The molecule has 2 heterocycles. The third-order valence-electron chi connectivity index (χ3n) is 3.65. The van der Waals surface area contributed by atoms with Crippen molar-refractivity contribution in [1.29, 1.82) is 0 Å². The van der Waals surface area contributed by atoms with Gasteiger partial charge in [-0.3, -0.25) is 4.79 Å². The molecule has 5 nitrogen and oxygen atoms in total. The van der Waals surface area contributed by atoms with E-state index < -0.39 is 0 Å². The second-order valence-electron chi connectivity index (χ2n) is 4.85. The molecule has 1 aromatic heterocycles. The van der Waals surface area contributed by atoms with Crippen molar-refractivity contribution >= 4 is 23.1 Å². The molecule has 2 aromatic rings. The Morgan fingerprint density at radius 3 is 2.43 bits per heavy atom.